The first-order chi connectivity index (χ1) is 8.63. The maximum Gasteiger partial charge on any atom is 0.0366 e. The normalized spacial score (nSPS) is 10.4. The molecule has 1 rings (SSSR count). The Balaban J connectivity index is 2.93. The van der Waals surface area contributed by atoms with Crippen LogP contribution >= 0.6 is 0 Å². The topological polar surface area (TPSA) is 3.24 Å². The number of aryl methyl sites for hydroxylation is 2. The van der Waals surface area contributed by atoms with Gasteiger partial charge in [0, 0.05) is 18.8 Å². The largest absolute Gasteiger partial charge is 0.372 e. The molecule has 0 radical (unpaired) electrons. The minimum Gasteiger partial charge on any atom is -0.372 e. The van der Waals surface area contributed by atoms with E-state index in [2.05, 4.69) is 57.4 Å². The van der Waals surface area contributed by atoms with E-state index in [1.54, 1.807) is 0 Å². The summed E-state index contributed by atoms with van der Waals surface area (Å²) in [7, 11) is 0. The molecule has 0 saturated carbocycles. The standard InChI is InChI=1S/C17H27N/c1-6-11-18(12-7-2)15(5)17-10-9-14(4)16(8-3)13-17/h9-10,13H,5-8,11-12H2,1-4H3. The molecule has 0 aliphatic rings. The van der Waals surface area contributed by atoms with Crippen molar-refractivity contribution in [3.8, 4) is 0 Å². The van der Waals surface area contributed by atoms with Gasteiger partial charge in [0.2, 0.25) is 0 Å². The van der Waals surface area contributed by atoms with Crippen LogP contribution in [0.25, 0.3) is 5.70 Å². The van der Waals surface area contributed by atoms with E-state index < -0.39 is 0 Å². The molecule has 1 aromatic carbocycles. The molecule has 18 heavy (non-hydrogen) atoms. The fourth-order valence-electron chi connectivity index (χ4n) is 2.34. The molecule has 0 spiro atoms. The molecule has 0 bridgehead atoms. The summed E-state index contributed by atoms with van der Waals surface area (Å²) in [5.74, 6) is 0. The van der Waals surface area contributed by atoms with Gasteiger partial charge in [0.25, 0.3) is 0 Å². The SMILES string of the molecule is C=C(c1ccc(C)c(CC)c1)N(CCC)CCC. The van der Waals surface area contributed by atoms with Gasteiger partial charge in [-0.15, -0.1) is 0 Å². The number of hydrogen-bond acceptors (Lipinski definition) is 1. The van der Waals surface area contributed by atoms with Crippen LogP contribution in [0.3, 0.4) is 0 Å². The highest BCUT2D eigenvalue weighted by Gasteiger charge is 2.09. The summed E-state index contributed by atoms with van der Waals surface area (Å²) < 4.78 is 0. The summed E-state index contributed by atoms with van der Waals surface area (Å²) in [5, 5.41) is 0. The van der Waals surface area contributed by atoms with Crippen LogP contribution in [-0.4, -0.2) is 18.0 Å². The zero-order valence-corrected chi connectivity index (χ0v) is 12.4. The lowest BCUT2D eigenvalue weighted by molar-refractivity contribution is 0.397. The third-order valence-electron chi connectivity index (χ3n) is 3.43. The van der Waals surface area contributed by atoms with Gasteiger partial charge in [0.1, 0.15) is 0 Å². The molecule has 0 N–H and O–H groups in total. The Labute approximate surface area is 113 Å². The molecule has 1 aromatic rings. The van der Waals surface area contributed by atoms with Crippen molar-refractivity contribution in [2.45, 2.75) is 47.0 Å². The molecule has 0 amide bonds. The van der Waals surface area contributed by atoms with E-state index in [0.29, 0.717) is 0 Å². The zero-order chi connectivity index (χ0) is 13.5. The predicted octanol–water partition coefficient (Wildman–Crippen LogP) is 4.65. The van der Waals surface area contributed by atoms with E-state index in [1.807, 2.05) is 0 Å². The first-order valence-corrected chi connectivity index (χ1v) is 7.17. The third kappa shape index (κ3) is 3.63. The van der Waals surface area contributed by atoms with Crippen LogP contribution in [0.15, 0.2) is 24.8 Å². The summed E-state index contributed by atoms with van der Waals surface area (Å²) in [6.07, 6.45) is 3.44. The number of rotatable bonds is 7. The maximum atomic E-state index is 4.29. The van der Waals surface area contributed by atoms with E-state index in [-0.39, 0.29) is 0 Å². The van der Waals surface area contributed by atoms with Crippen molar-refractivity contribution in [2.24, 2.45) is 0 Å². The Morgan fingerprint density at radius 2 is 1.72 bits per heavy atom. The van der Waals surface area contributed by atoms with Crippen LogP contribution in [0.4, 0.5) is 0 Å². The number of hydrogen-bond donors (Lipinski definition) is 0. The monoisotopic (exact) mass is 245 g/mol. The Morgan fingerprint density at radius 1 is 1.11 bits per heavy atom. The average molecular weight is 245 g/mol. The molecule has 0 atom stereocenters. The highest BCUT2D eigenvalue weighted by atomic mass is 15.1. The van der Waals surface area contributed by atoms with Crippen LogP contribution in [0.5, 0.6) is 0 Å². The minimum absolute atomic E-state index is 1.09. The molecule has 100 valence electrons. The quantitative estimate of drug-likeness (QED) is 0.676. The summed E-state index contributed by atoms with van der Waals surface area (Å²) >= 11 is 0. The molecule has 0 saturated heterocycles. The van der Waals surface area contributed by atoms with Gasteiger partial charge in [0.05, 0.1) is 0 Å². The molecule has 1 nitrogen and oxygen atoms in total. The number of nitrogens with zero attached hydrogens (tertiary/aromatic N) is 1. The second kappa shape index (κ2) is 7.25. The van der Waals surface area contributed by atoms with Gasteiger partial charge >= 0.3 is 0 Å². The third-order valence-corrected chi connectivity index (χ3v) is 3.43. The predicted molar refractivity (Wildman–Crippen MR) is 81.7 cm³/mol. The Kier molecular flexibility index (Phi) is 5.97. The molecule has 0 heterocycles. The molecule has 0 fully saturated rings. The van der Waals surface area contributed by atoms with Crippen LogP contribution in [0.1, 0.15) is 50.3 Å². The summed E-state index contributed by atoms with van der Waals surface area (Å²) in [6.45, 7) is 15.3. The second-order valence-electron chi connectivity index (χ2n) is 4.93. The van der Waals surface area contributed by atoms with Crippen LogP contribution in [0.2, 0.25) is 0 Å². The zero-order valence-electron chi connectivity index (χ0n) is 12.4. The lowest BCUT2D eigenvalue weighted by Gasteiger charge is -2.26. The van der Waals surface area contributed by atoms with Gasteiger partial charge < -0.3 is 4.90 Å². The fourth-order valence-corrected chi connectivity index (χ4v) is 2.34. The second-order valence-corrected chi connectivity index (χ2v) is 4.93. The molecular formula is C17H27N. The van der Waals surface area contributed by atoms with Crippen molar-refractivity contribution in [2.75, 3.05) is 13.1 Å². The van der Waals surface area contributed by atoms with E-state index in [9.17, 15) is 0 Å². The van der Waals surface area contributed by atoms with Gasteiger partial charge in [-0.05, 0) is 48.9 Å². The van der Waals surface area contributed by atoms with Gasteiger partial charge in [-0.2, -0.15) is 0 Å². The van der Waals surface area contributed by atoms with Gasteiger partial charge in [-0.25, -0.2) is 0 Å². The first-order valence-electron chi connectivity index (χ1n) is 7.17. The van der Waals surface area contributed by atoms with Crippen molar-refractivity contribution < 1.29 is 0 Å². The van der Waals surface area contributed by atoms with Gasteiger partial charge in [-0.1, -0.05) is 39.5 Å². The van der Waals surface area contributed by atoms with Gasteiger partial charge in [0.15, 0.2) is 0 Å². The summed E-state index contributed by atoms with van der Waals surface area (Å²) in [5.41, 5.74) is 5.26. The lowest BCUT2D eigenvalue weighted by atomic mass is 10.0. The summed E-state index contributed by atoms with van der Waals surface area (Å²) in [6, 6.07) is 6.72. The van der Waals surface area contributed by atoms with Crippen molar-refractivity contribution in [1.82, 2.24) is 4.90 Å². The molecule has 1 heteroatoms. The summed E-state index contributed by atoms with van der Waals surface area (Å²) in [4.78, 5) is 2.41. The Bertz CT molecular complexity index is 387. The molecular weight excluding hydrogens is 218 g/mol. The minimum atomic E-state index is 1.09. The molecule has 0 aliphatic carbocycles. The number of benzene rings is 1. The lowest BCUT2D eigenvalue weighted by Crippen LogP contribution is -2.23. The van der Waals surface area contributed by atoms with Crippen molar-refractivity contribution in [3.63, 3.8) is 0 Å². The average Bonchev–Trinajstić information content (AvgIpc) is 2.38. The maximum absolute atomic E-state index is 4.29. The molecule has 0 unspecified atom stereocenters. The van der Waals surface area contributed by atoms with E-state index in [1.165, 1.54) is 35.2 Å². The van der Waals surface area contributed by atoms with Crippen molar-refractivity contribution >= 4 is 5.70 Å². The van der Waals surface area contributed by atoms with E-state index >= 15 is 0 Å². The highest BCUT2D eigenvalue weighted by Crippen LogP contribution is 2.21. The fraction of sp³-hybridized carbons (Fsp3) is 0.529. The molecule has 0 aromatic heterocycles. The highest BCUT2D eigenvalue weighted by molar-refractivity contribution is 5.63. The smallest absolute Gasteiger partial charge is 0.0366 e. The van der Waals surface area contributed by atoms with E-state index in [4.69, 9.17) is 0 Å². The van der Waals surface area contributed by atoms with Gasteiger partial charge in [-0.3, -0.25) is 0 Å². The van der Waals surface area contributed by atoms with Crippen molar-refractivity contribution in [1.29, 1.82) is 0 Å². The van der Waals surface area contributed by atoms with Crippen LogP contribution in [0, 0.1) is 6.92 Å². The van der Waals surface area contributed by atoms with Crippen LogP contribution < -0.4 is 0 Å². The van der Waals surface area contributed by atoms with E-state index in [0.717, 1.165) is 19.5 Å². The first kappa shape index (κ1) is 14.8. The Morgan fingerprint density at radius 3 is 2.22 bits per heavy atom. The Hall–Kier alpha value is -1.24. The molecule has 0 aliphatic heterocycles. The van der Waals surface area contributed by atoms with Crippen LogP contribution in [-0.2, 0) is 6.42 Å². The van der Waals surface area contributed by atoms with Crippen molar-refractivity contribution in [3.05, 3.63) is 41.5 Å².